The highest BCUT2D eigenvalue weighted by molar-refractivity contribution is 6.30. The number of carbonyl (C=O) groups is 2. The number of halogens is 2. The van der Waals surface area contributed by atoms with E-state index < -0.39 is 5.82 Å². The maximum Gasteiger partial charge on any atom is 0.323 e. The number of hydrogen-bond donors (Lipinski definition) is 1. The summed E-state index contributed by atoms with van der Waals surface area (Å²) in [4.78, 5) is 32.6. The number of ether oxygens (including phenoxy) is 1. The van der Waals surface area contributed by atoms with Crippen LogP contribution in [0.2, 0.25) is 5.02 Å². The Labute approximate surface area is 232 Å². The number of nitriles is 1. The molecule has 0 aliphatic rings. The molecule has 3 rings (SSSR count). The van der Waals surface area contributed by atoms with Crippen molar-refractivity contribution in [1.82, 2.24) is 20.1 Å². The van der Waals surface area contributed by atoms with E-state index in [0.29, 0.717) is 23.7 Å². The molecule has 0 fully saturated rings. The first-order valence-electron chi connectivity index (χ1n) is 11.9. The second-order valence-electron chi connectivity index (χ2n) is 8.43. The number of pyridine rings is 1. The number of aromatic nitrogens is 1. The van der Waals surface area contributed by atoms with Gasteiger partial charge in [0.25, 0.3) is 0 Å². The van der Waals surface area contributed by atoms with Crippen LogP contribution in [0.25, 0.3) is 0 Å². The van der Waals surface area contributed by atoms with Crippen LogP contribution in [0, 0.1) is 24.1 Å². The van der Waals surface area contributed by atoms with Crippen LogP contribution < -0.4 is 10.1 Å². The van der Waals surface area contributed by atoms with Crippen LogP contribution in [0.1, 0.15) is 30.0 Å². The number of aryl methyl sites for hydroxylation is 1. The molecule has 39 heavy (non-hydrogen) atoms. The minimum Gasteiger partial charge on any atom is -0.436 e. The second-order valence-corrected chi connectivity index (χ2v) is 8.86. The molecule has 0 radical (unpaired) electrons. The Morgan fingerprint density at radius 2 is 1.92 bits per heavy atom. The van der Waals surface area contributed by atoms with Crippen molar-refractivity contribution in [1.29, 1.82) is 5.26 Å². The molecule has 0 aliphatic heterocycles. The fourth-order valence-corrected chi connectivity index (χ4v) is 3.61. The largest absolute Gasteiger partial charge is 0.436 e. The summed E-state index contributed by atoms with van der Waals surface area (Å²) in [6, 6.07) is 14.5. The van der Waals surface area contributed by atoms with Crippen LogP contribution in [0.5, 0.6) is 11.6 Å². The van der Waals surface area contributed by atoms with Crippen molar-refractivity contribution in [2.75, 3.05) is 20.6 Å². The van der Waals surface area contributed by atoms with E-state index in [-0.39, 0.29) is 29.3 Å². The van der Waals surface area contributed by atoms with Gasteiger partial charge in [0, 0.05) is 50.5 Å². The maximum atomic E-state index is 14.9. The Balaban J connectivity index is 0.00000260. The van der Waals surface area contributed by atoms with Crippen LogP contribution >= 0.6 is 11.6 Å². The molecule has 1 N–H and O–H groups in total. The first-order chi connectivity index (χ1) is 18.7. The average molecular weight is 553 g/mol. The van der Waals surface area contributed by atoms with E-state index in [2.05, 4.69) is 15.3 Å². The van der Waals surface area contributed by atoms with Gasteiger partial charge in [0.15, 0.2) is 11.6 Å². The van der Waals surface area contributed by atoms with E-state index >= 15 is 0 Å². The molecule has 2 amide bonds. The predicted molar refractivity (Wildman–Crippen MR) is 149 cm³/mol. The third kappa shape index (κ3) is 9.09. The molecule has 0 spiro atoms. The van der Waals surface area contributed by atoms with Crippen molar-refractivity contribution in [3.05, 3.63) is 82.3 Å². The number of guanidine groups is 1. The summed E-state index contributed by atoms with van der Waals surface area (Å²) in [5.74, 6) is -0.296. The summed E-state index contributed by atoms with van der Waals surface area (Å²) < 4.78 is 20.4. The molecule has 0 bridgehead atoms. The molecule has 0 aliphatic carbocycles. The fourth-order valence-electron chi connectivity index (χ4n) is 3.39. The zero-order valence-electron chi connectivity index (χ0n) is 22.2. The van der Waals surface area contributed by atoms with E-state index in [1.807, 2.05) is 38.8 Å². The number of carbonyl (C=O) groups excluding carboxylic acids is 2. The van der Waals surface area contributed by atoms with Crippen molar-refractivity contribution in [3.63, 3.8) is 0 Å². The van der Waals surface area contributed by atoms with Gasteiger partial charge in [-0.25, -0.2) is 19.2 Å². The lowest BCUT2D eigenvalue weighted by Crippen LogP contribution is -2.47. The molecule has 1 aromatic heterocycles. The van der Waals surface area contributed by atoms with Crippen LogP contribution in [-0.4, -0.2) is 54.2 Å². The van der Waals surface area contributed by atoms with E-state index in [1.165, 1.54) is 30.5 Å². The lowest BCUT2D eigenvalue weighted by molar-refractivity contribution is -0.0980. The van der Waals surface area contributed by atoms with Crippen molar-refractivity contribution < 1.29 is 18.7 Å². The van der Waals surface area contributed by atoms with Crippen LogP contribution in [0.15, 0.2) is 59.7 Å². The smallest absolute Gasteiger partial charge is 0.323 e. The first kappa shape index (κ1) is 30.7. The van der Waals surface area contributed by atoms with Crippen LogP contribution in [-0.2, 0) is 11.3 Å². The van der Waals surface area contributed by atoms with E-state index in [1.54, 1.807) is 36.0 Å². The Morgan fingerprint density at radius 1 is 1.18 bits per heavy atom. The minimum atomic E-state index is -0.655. The Bertz CT molecular complexity index is 1340. The van der Waals surface area contributed by atoms with Gasteiger partial charge in [0.2, 0.25) is 11.8 Å². The van der Waals surface area contributed by atoms with E-state index in [0.717, 1.165) is 17.5 Å². The van der Waals surface area contributed by atoms with E-state index in [4.69, 9.17) is 26.4 Å². The normalized spacial score (nSPS) is 10.5. The standard InChI is InChI=1S/C27H28ClFN6O2.CH2O/c1-5-12-34(3)27(36)33-26(35(4)17-20-7-8-21(28)13-18(20)2)32-22-9-10-24(23(29)14-22)37-25-11-6-19(15-30)16-31-25;1-2/h6-11,13-14,16H,5,12,17H2,1-4H3,(H,32,33,36);1H2. The number of nitrogens with zero attached hydrogens (tertiary/aromatic N) is 5. The number of nitrogens with one attached hydrogen (secondary N) is 1. The number of rotatable bonds is 7. The number of amides is 2. The molecule has 2 aromatic carbocycles. The highest BCUT2D eigenvalue weighted by Crippen LogP contribution is 2.27. The monoisotopic (exact) mass is 552 g/mol. The minimum absolute atomic E-state index is 0.0467. The number of hydrogen-bond acceptors (Lipinski definition) is 6. The maximum absolute atomic E-state index is 14.9. The quantitative estimate of drug-likeness (QED) is 0.291. The van der Waals surface area contributed by atoms with Gasteiger partial charge in [0.1, 0.15) is 12.9 Å². The second kappa shape index (κ2) is 15.1. The third-order valence-electron chi connectivity index (χ3n) is 5.43. The molecular formula is C28H30ClFN6O3. The summed E-state index contributed by atoms with van der Waals surface area (Å²) in [5.41, 5.74) is 2.65. The fraction of sp³-hybridized carbons (Fsp3) is 0.250. The van der Waals surface area contributed by atoms with Crippen molar-refractivity contribution in [2.45, 2.75) is 26.8 Å². The summed E-state index contributed by atoms with van der Waals surface area (Å²) >= 11 is 6.09. The molecule has 204 valence electrons. The highest BCUT2D eigenvalue weighted by Gasteiger charge is 2.16. The van der Waals surface area contributed by atoms with Gasteiger partial charge in [-0.15, -0.1) is 0 Å². The van der Waals surface area contributed by atoms with Crippen LogP contribution in [0.3, 0.4) is 0 Å². The molecular weight excluding hydrogens is 523 g/mol. The van der Waals surface area contributed by atoms with Crippen LogP contribution in [0.4, 0.5) is 14.9 Å². The van der Waals surface area contributed by atoms with Gasteiger partial charge in [-0.3, -0.25) is 5.32 Å². The zero-order chi connectivity index (χ0) is 28.9. The van der Waals surface area contributed by atoms with Gasteiger partial charge in [-0.1, -0.05) is 24.6 Å². The SMILES string of the molecule is C=O.CCCN(C)C(=O)NC(=Nc1ccc(Oc2ccc(C#N)cn2)c(F)c1)N(C)Cc1ccc(Cl)cc1C. The highest BCUT2D eigenvalue weighted by atomic mass is 35.5. The summed E-state index contributed by atoms with van der Waals surface area (Å²) in [7, 11) is 3.49. The van der Waals surface area contributed by atoms with Crippen molar-refractivity contribution in [2.24, 2.45) is 4.99 Å². The van der Waals surface area contributed by atoms with Gasteiger partial charge in [-0.05, 0) is 54.8 Å². The van der Waals surface area contributed by atoms with Gasteiger partial charge >= 0.3 is 6.03 Å². The molecule has 0 saturated heterocycles. The molecule has 1 heterocycles. The van der Waals surface area contributed by atoms with Crippen molar-refractivity contribution in [3.8, 4) is 17.7 Å². The summed E-state index contributed by atoms with van der Waals surface area (Å²) in [6.07, 6.45) is 2.14. The average Bonchev–Trinajstić information content (AvgIpc) is 2.93. The topological polar surface area (TPSA) is 111 Å². The molecule has 11 heteroatoms. The first-order valence-corrected chi connectivity index (χ1v) is 12.3. The number of aliphatic imine (C=N–C) groups is 1. The predicted octanol–water partition coefficient (Wildman–Crippen LogP) is 5.83. The Morgan fingerprint density at radius 3 is 2.51 bits per heavy atom. The van der Waals surface area contributed by atoms with Crippen molar-refractivity contribution >= 4 is 36.1 Å². The molecule has 0 atom stereocenters. The van der Waals surface area contributed by atoms with E-state index in [9.17, 15) is 9.18 Å². The molecule has 0 saturated carbocycles. The molecule has 0 unspecified atom stereocenters. The Hall–Kier alpha value is -4.49. The van der Waals surface area contributed by atoms with Gasteiger partial charge in [-0.2, -0.15) is 5.26 Å². The molecule has 3 aromatic rings. The lowest BCUT2D eigenvalue weighted by Gasteiger charge is -2.25. The lowest BCUT2D eigenvalue weighted by atomic mass is 10.1. The molecule has 9 nitrogen and oxygen atoms in total. The number of benzene rings is 2. The zero-order valence-corrected chi connectivity index (χ0v) is 23.0. The number of urea groups is 1. The summed E-state index contributed by atoms with van der Waals surface area (Å²) in [6.45, 7) is 6.95. The summed E-state index contributed by atoms with van der Waals surface area (Å²) in [5, 5.41) is 12.4. The van der Waals surface area contributed by atoms with Gasteiger partial charge in [0.05, 0.1) is 11.3 Å². The third-order valence-corrected chi connectivity index (χ3v) is 5.66. The Kier molecular flexibility index (Phi) is 11.9. The van der Waals surface area contributed by atoms with Gasteiger partial charge < -0.3 is 19.3 Å².